The second-order valence-electron chi connectivity index (χ2n) is 2.88. The Labute approximate surface area is 85.3 Å². The van der Waals surface area contributed by atoms with Crippen LogP contribution in [0.2, 0.25) is 0 Å². The molecular formula is C8H10IN3. The van der Waals surface area contributed by atoms with E-state index in [9.17, 15) is 0 Å². The van der Waals surface area contributed by atoms with Gasteiger partial charge < -0.3 is 10.2 Å². The Morgan fingerprint density at radius 2 is 2.42 bits per heavy atom. The van der Waals surface area contributed by atoms with E-state index in [1.54, 1.807) is 0 Å². The molecule has 0 spiro atoms. The molecule has 2 rings (SSSR count). The molecule has 1 unspecified atom stereocenters. The number of hydrogen-bond acceptors (Lipinski definition) is 3. The van der Waals surface area contributed by atoms with E-state index < -0.39 is 0 Å². The summed E-state index contributed by atoms with van der Waals surface area (Å²) < 4.78 is 0.348. The van der Waals surface area contributed by atoms with Crippen molar-refractivity contribution in [3.8, 4) is 0 Å². The molecule has 0 aliphatic carbocycles. The zero-order chi connectivity index (χ0) is 8.72. The van der Waals surface area contributed by atoms with Crippen molar-refractivity contribution in [2.45, 2.75) is 11.1 Å². The second-order valence-corrected chi connectivity index (χ2v) is 4.06. The normalized spacial score (nSPS) is 20.6. The van der Waals surface area contributed by atoms with Crippen molar-refractivity contribution < 1.29 is 0 Å². The fraction of sp³-hybridized carbons (Fsp3) is 0.375. The zero-order valence-electron chi connectivity index (χ0n) is 7.00. The summed E-state index contributed by atoms with van der Waals surface area (Å²) in [5, 5.41) is 3.37. The van der Waals surface area contributed by atoms with Gasteiger partial charge in [0.15, 0.2) is 4.17 Å². The van der Waals surface area contributed by atoms with Gasteiger partial charge in [0.1, 0.15) is 0 Å². The topological polar surface area (TPSA) is 28.2 Å². The van der Waals surface area contributed by atoms with Gasteiger partial charge in [-0.1, -0.05) is 0 Å². The largest absolute Gasteiger partial charge is 0.354 e. The summed E-state index contributed by atoms with van der Waals surface area (Å²) in [6.07, 6.45) is 1.85. The van der Waals surface area contributed by atoms with Crippen LogP contribution in [0.15, 0.2) is 12.3 Å². The highest BCUT2D eigenvalue weighted by atomic mass is 127. The molecule has 1 aromatic heterocycles. The molecule has 0 bridgehead atoms. The maximum Gasteiger partial charge on any atom is 0.152 e. The summed E-state index contributed by atoms with van der Waals surface area (Å²) >= 11 is 2.36. The number of rotatable bonds is 0. The molecule has 2 heterocycles. The van der Waals surface area contributed by atoms with E-state index in [0.29, 0.717) is 4.17 Å². The van der Waals surface area contributed by atoms with Crippen LogP contribution >= 0.6 is 22.6 Å². The Bertz CT molecular complexity index is 313. The van der Waals surface area contributed by atoms with Crippen molar-refractivity contribution in [1.82, 2.24) is 4.98 Å². The average molecular weight is 275 g/mol. The Kier molecular flexibility index (Phi) is 1.86. The molecule has 1 aromatic rings. The first-order valence-electron chi connectivity index (χ1n) is 3.79. The Hall–Kier alpha value is -0.520. The molecule has 0 saturated carbocycles. The standard InChI is InChI=1S/C8H10IN3/c1-5-7-6(3-4-10-5)12(2)8(9)11-7/h3-4,8,11H,1-2H3. The fourth-order valence-electron chi connectivity index (χ4n) is 1.36. The van der Waals surface area contributed by atoms with Gasteiger partial charge in [-0.15, -0.1) is 0 Å². The Balaban J connectivity index is 2.53. The first-order valence-corrected chi connectivity index (χ1v) is 5.04. The average Bonchev–Trinajstić information content (AvgIpc) is 2.32. The van der Waals surface area contributed by atoms with Crippen molar-refractivity contribution in [3.63, 3.8) is 0 Å². The first-order chi connectivity index (χ1) is 5.70. The molecule has 1 atom stereocenters. The van der Waals surface area contributed by atoms with Gasteiger partial charge in [-0.3, -0.25) is 4.98 Å². The van der Waals surface area contributed by atoms with Crippen LogP contribution in [-0.4, -0.2) is 16.2 Å². The SMILES string of the molecule is Cc1nccc2c1NC(I)N2C. The summed E-state index contributed by atoms with van der Waals surface area (Å²) in [4.78, 5) is 6.43. The Morgan fingerprint density at radius 3 is 3.08 bits per heavy atom. The number of anilines is 2. The minimum Gasteiger partial charge on any atom is -0.354 e. The van der Waals surface area contributed by atoms with Gasteiger partial charge >= 0.3 is 0 Å². The number of aryl methyl sites for hydroxylation is 1. The van der Waals surface area contributed by atoms with E-state index in [2.05, 4.69) is 44.8 Å². The number of fused-ring (bicyclic) bond motifs is 1. The maximum absolute atomic E-state index is 4.23. The lowest BCUT2D eigenvalue weighted by atomic mass is 10.3. The molecule has 1 aliphatic rings. The van der Waals surface area contributed by atoms with Crippen LogP contribution in [0.3, 0.4) is 0 Å². The highest BCUT2D eigenvalue weighted by Gasteiger charge is 2.24. The van der Waals surface area contributed by atoms with Gasteiger partial charge in [-0.25, -0.2) is 0 Å². The van der Waals surface area contributed by atoms with Gasteiger partial charge in [-0.2, -0.15) is 0 Å². The number of alkyl halides is 1. The van der Waals surface area contributed by atoms with Crippen molar-refractivity contribution in [2.24, 2.45) is 0 Å². The molecule has 3 nitrogen and oxygen atoms in total. The van der Waals surface area contributed by atoms with E-state index in [4.69, 9.17) is 0 Å². The molecule has 0 saturated heterocycles. The minimum atomic E-state index is 0.348. The van der Waals surface area contributed by atoms with Crippen LogP contribution < -0.4 is 10.2 Å². The van der Waals surface area contributed by atoms with Gasteiger partial charge in [0.2, 0.25) is 0 Å². The molecule has 0 aromatic carbocycles. The van der Waals surface area contributed by atoms with E-state index in [1.165, 1.54) is 11.4 Å². The lowest BCUT2D eigenvalue weighted by molar-refractivity contribution is 1.00. The Morgan fingerprint density at radius 1 is 1.67 bits per heavy atom. The molecule has 1 aliphatic heterocycles. The van der Waals surface area contributed by atoms with E-state index in [0.717, 1.165) is 5.69 Å². The number of nitrogens with one attached hydrogen (secondary N) is 1. The van der Waals surface area contributed by atoms with Crippen LogP contribution in [-0.2, 0) is 0 Å². The third-order valence-corrected chi connectivity index (χ3v) is 3.25. The zero-order valence-corrected chi connectivity index (χ0v) is 9.16. The molecule has 0 radical (unpaired) electrons. The van der Waals surface area contributed by atoms with Crippen molar-refractivity contribution in [3.05, 3.63) is 18.0 Å². The first kappa shape index (κ1) is 8.10. The quantitative estimate of drug-likeness (QED) is 0.446. The lowest BCUT2D eigenvalue weighted by Gasteiger charge is -2.15. The van der Waals surface area contributed by atoms with Crippen molar-refractivity contribution in [1.29, 1.82) is 0 Å². The van der Waals surface area contributed by atoms with Crippen LogP contribution in [0.1, 0.15) is 5.69 Å². The monoisotopic (exact) mass is 275 g/mol. The van der Waals surface area contributed by atoms with Crippen molar-refractivity contribution in [2.75, 3.05) is 17.3 Å². The molecule has 0 amide bonds. The number of halogens is 1. The fourth-order valence-corrected chi connectivity index (χ4v) is 1.97. The number of hydrogen-bond donors (Lipinski definition) is 1. The van der Waals surface area contributed by atoms with Crippen LogP contribution in [0.4, 0.5) is 11.4 Å². The van der Waals surface area contributed by atoms with Gasteiger partial charge in [0, 0.05) is 13.2 Å². The highest BCUT2D eigenvalue weighted by Crippen LogP contribution is 2.36. The third-order valence-electron chi connectivity index (χ3n) is 2.10. The molecule has 12 heavy (non-hydrogen) atoms. The smallest absolute Gasteiger partial charge is 0.152 e. The highest BCUT2D eigenvalue weighted by molar-refractivity contribution is 14.1. The summed E-state index contributed by atoms with van der Waals surface area (Å²) in [7, 11) is 2.08. The minimum absolute atomic E-state index is 0.348. The van der Waals surface area contributed by atoms with Gasteiger partial charge in [0.25, 0.3) is 0 Å². The van der Waals surface area contributed by atoms with Crippen LogP contribution in [0.25, 0.3) is 0 Å². The number of nitrogens with zero attached hydrogens (tertiary/aromatic N) is 2. The predicted octanol–water partition coefficient (Wildman–Crippen LogP) is 1.97. The molecule has 0 fully saturated rings. The molecular weight excluding hydrogens is 265 g/mol. The summed E-state index contributed by atoms with van der Waals surface area (Å²) in [6, 6.07) is 2.04. The summed E-state index contributed by atoms with van der Waals surface area (Å²) in [6.45, 7) is 2.02. The molecule has 4 heteroatoms. The third kappa shape index (κ3) is 1.05. The lowest BCUT2D eigenvalue weighted by Crippen LogP contribution is -2.25. The molecule has 1 N–H and O–H groups in total. The molecule has 64 valence electrons. The van der Waals surface area contributed by atoms with Crippen LogP contribution in [0.5, 0.6) is 0 Å². The maximum atomic E-state index is 4.23. The van der Waals surface area contributed by atoms with E-state index in [1.807, 2.05) is 19.2 Å². The second kappa shape index (κ2) is 2.76. The van der Waals surface area contributed by atoms with E-state index >= 15 is 0 Å². The number of aromatic nitrogens is 1. The van der Waals surface area contributed by atoms with Crippen LogP contribution in [0, 0.1) is 6.92 Å². The van der Waals surface area contributed by atoms with E-state index in [-0.39, 0.29) is 0 Å². The van der Waals surface area contributed by atoms with Gasteiger partial charge in [0.05, 0.1) is 17.1 Å². The van der Waals surface area contributed by atoms with Gasteiger partial charge in [-0.05, 0) is 35.6 Å². The summed E-state index contributed by atoms with van der Waals surface area (Å²) in [5.41, 5.74) is 3.47. The summed E-state index contributed by atoms with van der Waals surface area (Å²) in [5.74, 6) is 0. The van der Waals surface area contributed by atoms with Crippen molar-refractivity contribution >= 4 is 34.0 Å². The predicted molar refractivity (Wildman–Crippen MR) is 58.8 cm³/mol. The number of pyridine rings is 1.